The summed E-state index contributed by atoms with van der Waals surface area (Å²) in [5, 5.41) is 2.18. The molecule has 0 aliphatic heterocycles. The molecule has 5 N–H and O–H groups in total. The smallest absolute Gasteiger partial charge is 0.135 e. The highest BCUT2D eigenvalue weighted by atomic mass is 16.3. The van der Waals surface area contributed by atoms with Gasteiger partial charge in [0.05, 0.1) is 0 Å². The van der Waals surface area contributed by atoms with Crippen LogP contribution in [0.2, 0.25) is 0 Å². The molecule has 1 heterocycles. The molecule has 4 nitrogen and oxygen atoms in total. The van der Waals surface area contributed by atoms with E-state index in [0.29, 0.717) is 12.5 Å². The SMILES string of the molecule is C=C/C=c1\c(=C/C)oc2cc(CN)ccc12.C=CC(=C)C(/C=C\C)=C\C(=C/CC)c1ccc(-c2cccc(C)c2)cc1.CC.CC1=C/CCc2ccccc2C(C)/C=C\1.CNN. The van der Waals surface area contributed by atoms with Crippen molar-refractivity contribution in [2.24, 2.45) is 11.6 Å². The first-order valence-corrected chi connectivity index (χ1v) is 21.9. The fraction of sp³-hybridized carbons (Fsp3) is 0.241. The molecule has 62 heavy (non-hydrogen) atoms. The quantitative estimate of drug-likeness (QED) is 0.0786. The Hall–Kier alpha value is -6.04. The lowest BCUT2D eigenvalue weighted by molar-refractivity contribution is 0.574. The molecule has 5 aromatic rings. The average molecular weight is 828 g/mol. The molecular formula is C58H73N3O. The first-order valence-electron chi connectivity index (χ1n) is 21.9. The van der Waals surface area contributed by atoms with Crippen molar-refractivity contribution >= 4 is 28.7 Å². The van der Waals surface area contributed by atoms with E-state index in [1.165, 1.54) is 50.9 Å². The molecule has 0 radical (unpaired) electrons. The lowest BCUT2D eigenvalue weighted by atomic mass is 9.93. The van der Waals surface area contributed by atoms with Crippen LogP contribution < -0.4 is 27.6 Å². The Morgan fingerprint density at radius 2 is 1.63 bits per heavy atom. The van der Waals surface area contributed by atoms with Gasteiger partial charge in [-0.05, 0) is 128 Å². The van der Waals surface area contributed by atoms with Crippen molar-refractivity contribution in [3.8, 4) is 11.1 Å². The Morgan fingerprint density at radius 3 is 2.24 bits per heavy atom. The summed E-state index contributed by atoms with van der Waals surface area (Å²) in [5.41, 5.74) is 23.3. The predicted molar refractivity (Wildman–Crippen MR) is 276 cm³/mol. The molecule has 1 aliphatic rings. The second kappa shape index (κ2) is 29.3. The van der Waals surface area contributed by atoms with E-state index in [2.05, 4.69) is 168 Å². The van der Waals surface area contributed by atoms with Gasteiger partial charge in [0.25, 0.3) is 0 Å². The number of hydrogen-bond donors (Lipinski definition) is 3. The zero-order valence-electron chi connectivity index (χ0n) is 39.1. The summed E-state index contributed by atoms with van der Waals surface area (Å²) in [6, 6.07) is 32.2. The van der Waals surface area contributed by atoms with Crippen molar-refractivity contribution < 1.29 is 4.42 Å². The molecule has 6 rings (SSSR count). The molecule has 1 atom stereocenters. The van der Waals surface area contributed by atoms with E-state index in [9.17, 15) is 0 Å². The fourth-order valence-corrected chi connectivity index (χ4v) is 6.81. The molecule has 0 saturated heterocycles. The lowest BCUT2D eigenvalue weighted by Crippen LogP contribution is -2.18. The maximum absolute atomic E-state index is 5.75. The van der Waals surface area contributed by atoms with Crippen molar-refractivity contribution in [2.45, 2.75) is 87.1 Å². The van der Waals surface area contributed by atoms with Gasteiger partial charge in [-0.1, -0.05) is 198 Å². The number of rotatable bonds is 9. The number of aryl methyl sites for hydroxylation is 2. The van der Waals surface area contributed by atoms with Crippen LogP contribution in [0.5, 0.6) is 0 Å². The van der Waals surface area contributed by atoms with E-state index in [1.54, 1.807) is 19.2 Å². The predicted octanol–water partition coefficient (Wildman–Crippen LogP) is 13.7. The summed E-state index contributed by atoms with van der Waals surface area (Å²) in [4.78, 5) is 0. The van der Waals surface area contributed by atoms with E-state index in [0.717, 1.165) is 51.2 Å². The van der Waals surface area contributed by atoms with Gasteiger partial charge in [0.15, 0.2) is 0 Å². The Bertz CT molecular complexity index is 2450. The maximum atomic E-state index is 5.75. The standard InChI is InChI=1S/C26H28.C15H18.C14H15NO.C2H6.CH6N2/c1-6-10-24(21(5)8-3)19-25(11-7-2)22-14-16-23(17-15-22)26-13-9-12-20(4)18-26;1-12-6-5-8-14-7-3-4-9-15(14)13(2)11-10-12;1-3-5-11-12-7-6-10(9-15)8-14(12)16-13(11)4-2;1-2;1-3-2/h6,8-19H,3,5,7H2,1-2,4H3;3-4,6-7,9-11,13H,5,8H2,1-2H3;3-8H,1,9,15H2,2H3;1-2H3;3H,2H2,1H3/b10-6-,24-19-,25-11+;11-10-,12-6-;11-5-,13-4+;;. The van der Waals surface area contributed by atoms with Crippen molar-refractivity contribution in [1.82, 2.24) is 5.43 Å². The Labute approximate surface area is 374 Å². The van der Waals surface area contributed by atoms with Gasteiger partial charge in [-0.25, -0.2) is 0 Å². The molecule has 1 aromatic heterocycles. The van der Waals surface area contributed by atoms with Gasteiger partial charge >= 0.3 is 0 Å². The number of furan rings is 1. The fourth-order valence-electron chi connectivity index (χ4n) is 6.81. The van der Waals surface area contributed by atoms with Crippen molar-refractivity contribution in [2.75, 3.05) is 7.05 Å². The van der Waals surface area contributed by atoms with Crippen molar-refractivity contribution in [3.63, 3.8) is 0 Å². The van der Waals surface area contributed by atoms with Crippen molar-refractivity contribution in [3.05, 3.63) is 221 Å². The third kappa shape index (κ3) is 16.4. The van der Waals surface area contributed by atoms with Crippen LogP contribution in [0.3, 0.4) is 0 Å². The Balaban J connectivity index is 0.000000317. The summed E-state index contributed by atoms with van der Waals surface area (Å²) in [5.74, 6) is 5.13. The zero-order chi connectivity index (χ0) is 45.9. The summed E-state index contributed by atoms with van der Waals surface area (Å²) in [6.07, 6.45) is 26.2. The number of nitrogens with one attached hydrogen (secondary N) is 1. The normalized spacial score (nSPS) is 15.5. The molecule has 0 bridgehead atoms. The van der Waals surface area contributed by atoms with E-state index < -0.39 is 0 Å². The third-order valence-corrected chi connectivity index (χ3v) is 9.95. The Kier molecular flexibility index (Phi) is 24.6. The van der Waals surface area contributed by atoms with Crippen LogP contribution in [0.25, 0.3) is 39.8 Å². The van der Waals surface area contributed by atoms with Gasteiger partial charge in [0.1, 0.15) is 11.0 Å². The van der Waals surface area contributed by atoms with E-state index in [4.69, 9.17) is 10.2 Å². The van der Waals surface area contributed by atoms with Crippen LogP contribution in [0, 0.1) is 6.92 Å². The largest absolute Gasteiger partial charge is 0.456 e. The van der Waals surface area contributed by atoms with Crippen molar-refractivity contribution in [1.29, 1.82) is 0 Å². The van der Waals surface area contributed by atoms with Gasteiger partial charge in [0, 0.05) is 17.1 Å². The van der Waals surface area contributed by atoms with Gasteiger partial charge < -0.3 is 10.2 Å². The Morgan fingerprint density at radius 1 is 0.919 bits per heavy atom. The maximum Gasteiger partial charge on any atom is 0.135 e. The van der Waals surface area contributed by atoms with Gasteiger partial charge in [-0.3, -0.25) is 11.3 Å². The second-order valence-corrected chi connectivity index (χ2v) is 14.6. The summed E-state index contributed by atoms with van der Waals surface area (Å²) < 4.78 is 5.75. The summed E-state index contributed by atoms with van der Waals surface area (Å²) in [6.45, 7) is 28.9. The average Bonchev–Trinajstić information content (AvgIpc) is 3.68. The molecule has 0 spiro atoms. The minimum absolute atomic E-state index is 0.530. The first-order chi connectivity index (χ1) is 30.1. The molecule has 326 valence electrons. The number of fused-ring (bicyclic) bond motifs is 2. The van der Waals surface area contributed by atoms with Gasteiger partial charge in [-0.15, -0.1) is 0 Å². The second-order valence-electron chi connectivity index (χ2n) is 14.6. The van der Waals surface area contributed by atoms with Crippen LogP contribution >= 0.6 is 0 Å². The van der Waals surface area contributed by atoms with Gasteiger partial charge in [-0.2, -0.15) is 0 Å². The highest BCUT2D eigenvalue weighted by Gasteiger charge is 2.08. The van der Waals surface area contributed by atoms with Crippen LogP contribution in [-0.4, -0.2) is 7.05 Å². The van der Waals surface area contributed by atoms with Crippen LogP contribution in [0.15, 0.2) is 187 Å². The van der Waals surface area contributed by atoms with E-state index in [-0.39, 0.29) is 0 Å². The molecular weight excluding hydrogens is 755 g/mol. The lowest BCUT2D eigenvalue weighted by Gasteiger charge is -2.11. The highest BCUT2D eigenvalue weighted by molar-refractivity contribution is 5.80. The number of hydrazine groups is 1. The molecule has 4 heteroatoms. The highest BCUT2D eigenvalue weighted by Crippen LogP contribution is 2.27. The van der Waals surface area contributed by atoms with E-state index >= 15 is 0 Å². The van der Waals surface area contributed by atoms with Gasteiger partial charge in [0.2, 0.25) is 0 Å². The minimum Gasteiger partial charge on any atom is -0.456 e. The number of allylic oxidation sites excluding steroid dienone is 13. The summed E-state index contributed by atoms with van der Waals surface area (Å²) in [7, 11) is 1.65. The van der Waals surface area contributed by atoms with Crippen LogP contribution in [0.4, 0.5) is 0 Å². The molecule has 4 aromatic carbocycles. The molecule has 0 amide bonds. The number of nitrogens with two attached hydrogens (primary N) is 2. The third-order valence-electron chi connectivity index (χ3n) is 9.95. The molecule has 1 aliphatic carbocycles. The zero-order valence-corrected chi connectivity index (χ0v) is 39.1. The number of hydrogen-bond acceptors (Lipinski definition) is 4. The van der Waals surface area contributed by atoms with E-state index in [1.807, 2.05) is 64.1 Å². The monoisotopic (exact) mass is 828 g/mol. The molecule has 0 fully saturated rings. The first kappa shape index (κ1) is 52.1. The molecule has 1 unspecified atom stereocenters. The topological polar surface area (TPSA) is 77.2 Å². The number of benzene rings is 4. The molecule has 0 saturated carbocycles. The van der Waals surface area contributed by atoms with Crippen LogP contribution in [0.1, 0.15) is 95.0 Å². The summed E-state index contributed by atoms with van der Waals surface area (Å²) >= 11 is 0. The minimum atomic E-state index is 0.530. The van der Waals surface area contributed by atoms with Crippen LogP contribution in [-0.2, 0) is 13.0 Å².